The monoisotopic (exact) mass is 573 g/mol. The molecule has 0 amide bonds. The largest absolute Gasteiger partial charge is 0.400 e. The van der Waals surface area contributed by atoms with Gasteiger partial charge in [-0.3, -0.25) is 0 Å². The molecule has 2 aromatic carbocycles. The predicted octanol–water partition coefficient (Wildman–Crippen LogP) is 9.87. The maximum atomic E-state index is 10.3. The normalized spacial score (nSPS) is 10.9. The minimum Gasteiger partial charge on any atom is -0.400 e. The zero-order chi connectivity index (χ0) is 29.2. The minimum absolute atomic E-state index is 0.633. The second kappa shape index (κ2) is 20.1. The Balaban J connectivity index is 0. The lowest BCUT2D eigenvalue weighted by Gasteiger charge is -2.36. The van der Waals surface area contributed by atoms with Crippen molar-refractivity contribution in [1.29, 1.82) is 0 Å². The summed E-state index contributed by atoms with van der Waals surface area (Å²) in [5, 5.41) is 17.9. The number of aliphatic hydroxyl groups is 2. The number of benzene rings is 2. The molecule has 2 aromatic rings. The van der Waals surface area contributed by atoms with E-state index in [1.807, 2.05) is 38.1 Å². The van der Waals surface area contributed by atoms with Crippen molar-refractivity contribution < 1.29 is 14.4 Å². The zero-order valence-corrected chi connectivity index (χ0v) is 27.6. The zero-order valence-electron chi connectivity index (χ0n) is 25.2. The second-order valence-electron chi connectivity index (χ2n) is 10.0. The fraction of sp³-hybridized carbons (Fsp3) is 0.600. The molecule has 0 aliphatic heterocycles. The van der Waals surface area contributed by atoms with Crippen LogP contribution in [0.3, 0.4) is 0 Å². The quantitative estimate of drug-likeness (QED) is 0.230. The summed E-state index contributed by atoms with van der Waals surface area (Å²) in [6.07, 6.45) is 4.70. The van der Waals surface area contributed by atoms with E-state index in [-0.39, 0.29) is 0 Å². The van der Waals surface area contributed by atoms with E-state index in [0.29, 0.717) is 5.02 Å². The molecule has 0 atom stereocenters. The standard InChI is InChI=1S/C21H28ClNO2S2.2C4H10.CH4O/c1-7-23(15-11-9-8-10-12-15)17-13-16(22)18(14-19(17)26-6)27-25-21(4,5)20(2,3)24;1-4(2)3;1-3-4-2;1-2/h8-14,24H,7H2,1-6H3;4H,1-3H3;3-4H2,1-2H3;2H,1H3. The van der Waals surface area contributed by atoms with Gasteiger partial charge >= 0.3 is 0 Å². The Kier molecular flexibility index (Phi) is 20.8. The van der Waals surface area contributed by atoms with Gasteiger partial charge in [-0.2, -0.15) is 0 Å². The molecule has 7 heteroatoms. The number of nitrogens with zero attached hydrogens (tertiary/aromatic N) is 1. The number of hydrogen-bond acceptors (Lipinski definition) is 6. The number of thioether (sulfide) groups is 1. The van der Waals surface area contributed by atoms with Crippen molar-refractivity contribution in [2.75, 3.05) is 24.8 Å². The highest BCUT2D eigenvalue weighted by molar-refractivity contribution is 7.99. The van der Waals surface area contributed by atoms with Crippen LogP contribution in [-0.4, -0.2) is 41.3 Å². The molecule has 0 aliphatic rings. The first-order valence-corrected chi connectivity index (χ1v) is 15.3. The third-order valence-electron chi connectivity index (χ3n) is 5.22. The van der Waals surface area contributed by atoms with Crippen LogP contribution in [0, 0.1) is 5.92 Å². The van der Waals surface area contributed by atoms with Gasteiger partial charge in [0.25, 0.3) is 0 Å². The molecule has 0 fully saturated rings. The smallest absolute Gasteiger partial charge is 0.106 e. The molecule has 0 saturated heterocycles. The van der Waals surface area contributed by atoms with Crippen LogP contribution in [-0.2, 0) is 4.18 Å². The third kappa shape index (κ3) is 14.7. The van der Waals surface area contributed by atoms with Gasteiger partial charge < -0.3 is 19.3 Å². The van der Waals surface area contributed by atoms with Crippen molar-refractivity contribution in [3.05, 3.63) is 47.5 Å². The number of halogens is 1. The topological polar surface area (TPSA) is 52.9 Å². The molecular formula is C30H52ClNO3S2. The summed E-state index contributed by atoms with van der Waals surface area (Å²) < 4.78 is 5.93. The van der Waals surface area contributed by atoms with E-state index in [1.54, 1.807) is 25.6 Å². The number of rotatable bonds is 9. The van der Waals surface area contributed by atoms with Crippen LogP contribution < -0.4 is 4.90 Å². The molecule has 4 nitrogen and oxygen atoms in total. The highest BCUT2D eigenvalue weighted by Gasteiger charge is 2.37. The van der Waals surface area contributed by atoms with Crippen molar-refractivity contribution in [2.24, 2.45) is 5.92 Å². The molecule has 0 radical (unpaired) electrons. The fourth-order valence-corrected chi connectivity index (χ4v) is 4.06. The third-order valence-corrected chi connectivity index (χ3v) is 7.43. The Hall–Kier alpha value is -0.890. The Bertz CT molecular complexity index is 836. The summed E-state index contributed by atoms with van der Waals surface area (Å²) in [6.45, 7) is 21.0. The molecule has 214 valence electrons. The fourth-order valence-electron chi connectivity index (χ4n) is 2.31. The number of para-hydroxylation sites is 1. The summed E-state index contributed by atoms with van der Waals surface area (Å²) in [5.74, 6) is 0.833. The van der Waals surface area contributed by atoms with Gasteiger partial charge in [0, 0.05) is 36.3 Å². The molecule has 0 unspecified atom stereocenters. The Morgan fingerprint density at radius 2 is 1.41 bits per heavy atom. The summed E-state index contributed by atoms with van der Waals surface area (Å²) in [7, 11) is 1.00. The van der Waals surface area contributed by atoms with Gasteiger partial charge in [0.1, 0.15) is 5.60 Å². The molecule has 0 heterocycles. The van der Waals surface area contributed by atoms with Gasteiger partial charge in [0.15, 0.2) is 0 Å². The summed E-state index contributed by atoms with van der Waals surface area (Å²) >= 11 is 9.48. The van der Waals surface area contributed by atoms with Crippen molar-refractivity contribution in [1.82, 2.24) is 0 Å². The van der Waals surface area contributed by atoms with Crippen LogP contribution in [0.5, 0.6) is 0 Å². The van der Waals surface area contributed by atoms with Crippen molar-refractivity contribution >= 4 is 46.8 Å². The van der Waals surface area contributed by atoms with E-state index in [2.05, 4.69) is 70.9 Å². The molecule has 0 aliphatic carbocycles. The lowest BCUT2D eigenvalue weighted by molar-refractivity contribution is -0.0813. The first kappa shape index (κ1) is 38.3. The molecule has 2 N–H and O–H groups in total. The van der Waals surface area contributed by atoms with Crippen molar-refractivity contribution in [3.63, 3.8) is 0 Å². The van der Waals surface area contributed by atoms with Gasteiger partial charge in [0.05, 0.1) is 21.2 Å². The Morgan fingerprint density at radius 1 is 0.919 bits per heavy atom. The van der Waals surface area contributed by atoms with E-state index >= 15 is 0 Å². The van der Waals surface area contributed by atoms with E-state index in [4.69, 9.17) is 20.9 Å². The highest BCUT2D eigenvalue weighted by atomic mass is 35.5. The van der Waals surface area contributed by atoms with Crippen LogP contribution in [0.25, 0.3) is 0 Å². The SMILES string of the molecule is CC(C)C.CCCC.CCN(c1ccccc1)c1cc(Cl)c(SOC(C)(C)C(C)(C)O)cc1SC.CO. The van der Waals surface area contributed by atoms with Crippen LogP contribution in [0.2, 0.25) is 5.02 Å². The van der Waals surface area contributed by atoms with Crippen molar-refractivity contribution in [3.8, 4) is 0 Å². The highest BCUT2D eigenvalue weighted by Crippen LogP contribution is 2.42. The van der Waals surface area contributed by atoms with E-state index in [1.165, 1.54) is 24.9 Å². The molecule has 0 aromatic heterocycles. The number of anilines is 2. The maximum absolute atomic E-state index is 10.3. The van der Waals surface area contributed by atoms with Crippen LogP contribution in [0.1, 0.15) is 82.1 Å². The van der Waals surface area contributed by atoms with Gasteiger partial charge in [0.2, 0.25) is 0 Å². The van der Waals surface area contributed by atoms with Gasteiger partial charge in [-0.1, -0.05) is 77.3 Å². The molecule has 2 rings (SSSR count). The first-order chi connectivity index (χ1) is 17.2. The van der Waals surface area contributed by atoms with Crippen molar-refractivity contribution in [2.45, 2.75) is 103 Å². The van der Waals surface area contributed by atoms with Crippen LogP contribution in [0.4, 0.5) is 11.4 Å². The van der Waals surface area contributed by atoms with E-state index in [0.717, 1.165) is 40.7 Å². The lowest BCUT2D eigenvalue weighted by atomic mass is 9.90. The number of aliphatic hydroxyl groups excluding tert-OH is 1. The second-order valence-corrected chi connectivity index (χ2v) is 12.0. The summed E-state index contributed by atoms with van der Waals surface area (Å²) in [6, 6.07) is 14.3. The number of unbranched alkanes of at least 4 members (excludes halogenated alkanes) is 1. The molecule has 0 saturated carbocycles. The van der Waals surface area contributed by atoms with Gasteiger partial charge in [-0.25, -0.2) is 0 Å². The Morgan fingerprint density at radius 3 is 1.78 bits per heavy atom. The van der Waals surface area contributed by atoms with Crippen LogP contribution >= 0.6 is 35.4 Å². The summed E-state index contributed by atoms with van der Waals surface area (Å²) in [5.41, 5.74) is 0.512. The van der Waals surface area contributed by atoms with Crippen LogP contribution in [0.15, 0.2) is 52.3 Å². The predicted molar refractivity (Wildman–Crippen MR) is 169 cm³/mol. The maximum Gasteiger partial charge on any atom is 0.106 e. The summed E-state index contributed by atoms with van der Waals surface area (Å²) in [4.78, 5) is 4.21. The average Bonchev–Trinajstić information content (AvgIpc) is 2.85. The van der Waals surface area contributed by atoms with Gasteiger partial charge in [-0.05, 0) is 71.1 Å². The molecule has 37 heavy (non-hydrogen) atoms. The molecule has 0 bridgehead atoms. The van der Waals surface area contributed by atoms with Gasteiger partial charge in [-0.15, -0.1) is 11.8 Å². The molecule has 0 spiro atoms. The Labute approximate surface area is 241 Å². The minimum atomic E-state index is -0.971. The lowest BCUT2D eigenvalue weighted by Crippen LogP contribution is -2.45. The first-order valence-electron chi connectivity index (χ1n) is 13.0. The number of hydrogen-bond donors (Lipinski definition) is 2. The van der Waals surface area contributed by atoms with E-state index < -0.39 is 11.2 Å². The van der Waals surface area contributed by atoms with E-state index in [9.17, 15) is 5.11 Å². The average molecular weight is 574 g/mol. The molecular weight excluding hydrogens is 522 g/mol.